The zero-order valence-corrected chi connectivity index (χ0v) is 24.7. The highest BCUT2D eigenvalue weighted by Gasteiger charge is 2.31. The monoisotopic (exact) mass is 566 g/mol. The van der Waals surface area contributed by atoms with E-state index in [0.29, 0.717) is 6.04 Å². The number of benzene rings is 4. The van der Waals surface area contributed by atoms with E-state index in [1.165, 1.54) is 50.2 Å². The molecule has 0 bridgehead atoms. The molecular weight excluding hydrogens is 532 g/mol. The molecule has 0 amide bonds. The van der Waals surface area contributed by atoms with Crippen molar-refractivity contribution in [2.24, 2.45) is 0 Å². The van der Waals surface area contributed by atoms with Gasteiger partial charge in [0.1, 0.15) is 0 Å². The van der Waals surface area contributed by atoms with E-state index in [1.54, 1.807) is 0 Å². The Bertz CT molecular complexity index is 1910. The SMILES string of the molecule is C=C1/C=C\C=C/N(c2cc(-c3ccccc3)cc(-c3ccccc3)c2)c2ccc(C3=CC=C4C5=C(CCC=C5)NC4C3)cc21. The summed E-state index contributed by atoms with van der Waals surface area (Å²) in [4.78, 5) is 2.31. The molecule has 4 aliphatic rings. The van der Waals surface area contributed by atoms with Gasteiger partial charge in [-0.25, -0.2) is 0 Å². The number of hydrogen-bond donors (Lipinski definition) is 1. The van der Waals surface area contributed by atoms with Gasteiger partial charge in [0.2, 0.25) is 0 Å². The molecule has 0 saturated carbocycles. The minimum absolute atomic E-state index is 0.351. The zero-order valence-electron chi connectivity index (χ0n) is 24.7. The van der Waals surface area contributed by atoms with Crippen LogP contribution in [0.15, 0.2) is 169 Å². The first-order chi connectivity index (χ1) is 21.7. The highest BCUT2D eigenvalue weighted by atomic mass is 15.1. The van der Waals surface area contributed by atoms with Gasteiger partial charge in [0, 0.05) is 23.1 Å². The largest absolute Gasteiger partial charge is 0.381 e. The summed E-state index contributed by atoms with van der Waals surface area (Å²) in [5.74, 6) is 0. The van der Waals surface area contributed by atoms with Gasteiger partial charge in [0.05, 0.1) is 11.7 Å². The zero-order chi connectivity index (χ0) is 29.5. The molecule has 1 N–H and O–H groups in total. The lowest BCUT2D eigenvalue weighted by atomic mass is 9.86. The van der Waals surface area contributed by atoms with E-state index in [9.17, 15) is 0 Å². The third kappa shape index (κ3) is 4.79. The molecule has 0 fully saturated rings. The van der Waals surface area contributed by atoms with Gasteiger partial charge in [0.15, 0.2) is 0 Å². The van der Waals surface area contributed by atoms with E-state index >= 15 is 0 Å². The second kappa shape index (κ2) is 11.1. The van der Waals surface area contributed by atoms with Gasteiger partial charge in [0.25, 0.3) is 0 Å². The van der Waals surface area contributed by atoms with Crippen LogP contribution in [-0.2, 0) is 0 Å². The van der Waals surface area contributed by atoms with Crippen LogP contribution in [0, 0.1) is 0 Å². The molecule has 2 heteroatoms. The van der Waals surface area contributed by atoms with Crippen molar-refractivity contribution in [3.63, 3.8) is 0 Å². The number of allylic oxidation sites excluding steroid dienone is 9. The Balaban J connectivity index is 1.22. The van der Waals surface area contributed by atoms with Crippen molar-refractivity contribution in [1.29, 1.82) is 0 Å². The lowest BCUT2D eigenvalue weighted by Gasteiger charge is -2.28. The maximum Gasteiger partial charge on any atom is 0.0558 e. The molecular formula is C42H34N2. The lowest BCUT2D eigenvalue weighted by molar-refractivity contribution is 0.671. The van der Waals surface area contributed by atoms with Gasteiger partial charge in [-0.2, -0.15) is 0 Å². The van der Waals surface area contributed by atoms with E-state index in [1.807, 2.05) is 0 Å². The van der Waals surface area contributed by atoms with E-state index < -0.39 is 0 Å². The quantitative estimate of drug-likeness (QED) is 0.264. The average Bonchev–Trinajstić information content (AvgIpc) is 3.46. The van der Waals surface area contributed by atoms with Gasteiger partial charge in [-0.1, -0.05) is 110 Å². The van der Waals surface area contributed by atoms with Gasteiger partial charge in [-0.05, 0) is 106 Å². The van der Waals surface area contributed by atoms with Crippen LogP contribution in [0.4, 0.5) is 11.4 Å². The fourth-order valence-electron chi connectivity index (χ4n) is 6.87. The Morgan fingerprint density at radius 1 is 0.705 bits per heavy atom. The van der Waals surface area contributed by atoms with Crippen LogP contribution in [0.5, 0.6) is 0 Å². The van der Waals surface area contributed by atoms with Gasteiger partial charge in [-0.3, -0.25) is 0 Å². The summed E-state index contributed by atoms with van der Waals surface area (Å²) in [7, 11) is 0. The number of hydrogen-bond acceptors (Lipinski definition) is 2. The highest BCUT2D eigenvalue weighted by molar-refractivity contribution is 5.90. The van der Waals surface area contributed by atoms with Crippen molar-refractivity contribution in [3.05, 3.63) is 180 Å². The number of fused-ring (bicyclic) bond motifs is 3. The maximum atomic E-state index is 4.50. The van der Waals surface area contributed by atoms with Crippen molar-refractivity contribution >= 4 is 22.5 Å². The first kappa shape index (κ1) is 26.3. The first-order valence-corrected chi connectivity index (χ1v) is 15.5. The third-order valence-electron chi connectivity index (χ3n) is 9.12. The molecule has 2 aliphatic heterocycles. The Morgan fingerprint density at radius 2 is 1.45 bits per heavy atom. The Morgan fingerprint density at radius 3 is 2.20 bits per heavy atom. The van der Waals surface area contributed by atoms with Crippen molar-refractivity contribution in [2.45, 2.75) is 25.3 Å². The molecule has 2 nitrogen and oxygen atoms in total. The molecule has 212 valence electrons. The van der Waals surface area contributed by atoms with Crippen LogP contribution >= 0.6 is 0 Å². The molecule has 4 aromatic carbocycles. The molecule has 1 atom stereocenters. The topological polar surface area (TPSA) is 15.3 Å². The smallest absolute Gasteiger partial charge is 0.0558 e. The van der Waals surface area contributed by atoms with E-state index in [0.717, 1.165) is 41.8 Å². The summed E-state index contributed by atoms with van der Waals surface area (Å²) in [6, 6.07) is 35.4. The summed E-state index contributed by atoms with van der Waals surface area (Å²) >= 11 is 0. The molecule has 1 unspecified atom stereocenters. The molecule has 44 heavy (non-hydrogen) atoms. The molecule has 8 rings (SSSR count). The molecule has 0 radical (unpaired) electrons. The molecule has 0 saturated heterocycles. The Hall–Kier alpha value is -5.34. The number of nitrogens with zero attached hydrogens (tertiary/aromatic N) is 1. The van der Waals surface area contributed by atoms with E-state index in [4.69, 9.17) is 0 Å². The number of anilines is 2. The van der Waals surface area contributed by atoms with Gasteiger partial charge >= 0.3 is 0 Å². The van der Waals surface area contributed by atoms with Crippen molar-refractivity contribution < 1.29 is 0 Å². The van der Waals surface area contributed by atoms with Gasteiger partial charge < -0.3 is 10.2 Å². The van der Waals surface area contributed by atoms with Crippen molar-refractivity contribution in [2.75, 3.05) is 4.90 Å². The molecule has 0 spiro atoms. The van der Waals surface area contributed by atoms with Crippen molar-refractivity contribution in [3.8, 4) is 22.3 Å². The standard InChI is InChI=1S/C42H34N2/c1-29-12-10-11-23-44(36-25-34(30-13-4-2-5-14-30)24-35(26-36)31-15-6-3-7-16-31)42-22-20-32(27-39(29)42)33-19-21-38-37-17-8-9-18-40(37)43-41(38)28-33/h2-8,10-17,19-27,41,43H,1,9,18,28H2/b12-10-,23-11-. The summed E-state index contributed by atoms with van der Waals surface area (Å²) in [6.45, 7) is 4.50. The average molecular weight is 567 g/mol. The predicted octanol–water partition coefficient (Wildman–Crippen LogP) is 10.5. The van der Waals surface area contributed by atoms with Crippen molar-refractivity contribution in [1.82, 2.24) is 5.32 Å². The minimum Gasteiger partial charge on any atom is -0.381 e. The third-order valence-corrected chi connectivity index (χ3v) is 9.12. The van der Waals surface area contributed by atoms with Crippen LogP contribution in [0.25, 0.3) is 33.4 Å². The fourth-order valence-corrected chi connectivity index (χ4v) is 6.87. The fraction of sp³-hybridized carbons (Fsp3) is 0.0952. The summed E-state index contributed by atoms with van der Waals surface area (Å²) in [5.41, 5.74) is 16.0. The maximum absolute atomic E-state index is 4.50. The number of rotatable bonds is 4. The normalized spacial score (nSPS) is 20.0. The van der Waals surface area contributed by atoms with Crippen LogP contribution in [0.3, 0.4) is 0 Å². The summed E-state index contributed by atoms with van der Waals surface area (Å²) in [5, 5.41) is 3.82. The number of nitrogens with one attached hydrogen (secondary N) is 1. The van der Waals surface area contributed by atoms with Crippen LogP contribution in [-0.4, -0.2) is 6.04 Å². The molecule has 2 aliphatic carbocycles. The van der Waals surface area contributed by atoms with Crippen LogP contribution in [0.2, 0.25) is 0 Å². The second-order valence-corrected chi connectivity index (χ2v) is 11.9. The van der Waals surface area contributed by atoms with E-state index in [-0.39, 0.29) is 0 Å². The molecule has 0 aromatic heterocycles. The van der Waals surface area contributed by atoms with Crippen LogP contribution in [0.1, 0.15) is 30.4 Å². The van der Waals surface area contributed by atoms with Crippen LogP contribution < -0.4 is 10.2 Å². The van der Waals surface area contributed by atoms with Gasteiger partial charge in [-0.15, -0.1) is 0 Å². The Kier molecular flexibility index (Phi) is 6.61. The highest BCUT2D eigenvalue weighted by Crippen LogP contribution is 2.42. The minimum atomic E-state index is 0.351. The summed E-state index contributed by atoms with van der Waals surface area (Å²) in [6.07, 6.45) is 20.9. The first-order valence-electron chi connectivity index (χ1n) is 15.5. The van der Waals surface area contributed by atoms with E-state index in [2.05, 4.69) is 163 Å². The second-order valence-electron chi connectivity index (χ2n) is 11.9. The summed E-state index contributed by atoms with van der Waals surface area (Å²) < 4.78 is 0. The molecule has 2 heterocycles. The Labute approximate surface area is 260 Å². The predicted molar refractivity (Wildman–Crippen MR) is 186 cm³/mol. The lowest BCUT2D eigenvalue weighted by Crippen LogP contribution is -2.25. The molecule has 4 aromatic rings.